The number of ketones is 1. The van der Waals surface area contributed by atoms with Gasteiger partial charge >= 0.3 is 5.97 Å². The summed E-state index contributed by atoms with van der Waals surface area (Å²) in [6.45, 7) is 0. The Labute approximate surface area is 136 Å². The molecule has 1 fully saturated rings. The molecule has 0 spiro atoms. The number of carboxylic acid groups (broad SMARTS) is 1. The van der Waals surface area contributed by atoms with Crippen molar-refractivity contribution < 1.29 is 29.5 Å². The molecule has 0 aromatic carbocycles. The number of carbonyl (C=O) groups excluding carboxylic acids is 3. The molecular weight excluding hydrogens is 382 g/mol. The minimum Gasteiger partial charge on any atom is -0.477 e. The van der Waals surface area contributed by atoms with Crippen LogP contribution in [0.15, 0.2) is 16.9 Å². The molecule has 22 heavy (non-hydrogen) atoms. The van der Waals surface area contributed by atoms with Gasteiger partial charge in [-0.25, -0.2) is 4.79 Å². The molecule has 2 rings (SSSR count). The van der Waals surface area contributed by atoms with Crippen LogP contribution in [-0.2, 0) is 19.2 Å². The SMILES string of the molecule is O=C(O)C1=CCS[C@H]2C(NC(=O)C(=NO)C(=O)CBr)C(=O)N12. The average molecular weight is 392 g/mol. The van der Waals surface area contributed by atoms with Crippen LogP contribution in [0.5, 0.6) is 0 Å². The van der Waals surface area contributed by atoms with Gasteiger partial charge in [-0.15, -0.1) is 11.8 Å². The van der Waals surface area contributed by atoms with Gasteiger partial charge in [0.1, 0.15) is 17.1 Å². The van der Waals surface area contributed by atoms with E-state index < -0.39 is 40.7 Å². The van der Waals surface area contributed by atoms with Crippen LogP contribution < -0.4 is 5.32 Å². The molecule has 0 radical (unpaired) electrons. The summed E-state index contributed by atoms with van der Waals surface area (Å²) in [7, 11) is 0. The summed E-state index contributed by atoms with van der Waals surface area (Å²) in [6, 6.07) is -0.972. The summed E-state index contributed by atoms with van der Waals surface area (Å²) in [6.07, 6.45) is 1.41. The largest absolute Gasteiger partial charge is 0.477 e. The molecule has 1 unspecified atom stereocenters. The topological polar surface area (TPSA) is 136 Å². The molecule has 2 amide bonds. The predicted molar refractivity (Wildman–Crippen MR) is 78.8 cm³/mol. The molecule has 0 saturated carbocycles. The Kier molecular flexibility index (Phi) is 4.86. The highest BCUT2D eigenvalue weighted by Gasteiger charge is 2.53. The van der Waals surface area contributed by atoms with Crippen molar-refractivity contribution >= 4 is 57.0 Å². The second-order valence-electron chi connectivity index (χ2n) is 4.28. The summed E-state index contributed by atoms with van der Waals surface area (Å²) < 4.78 is 0. The fraction of sp³-hybridized carbons (Fsp3) is 0.364. The Morgan fingerprint density at radius 1 is 1.50 bits per heavy atom. The number of carbonyl (C=O) groups is 4. The number of Topliss-reactive ketones (excluding diaryl/α,β-unsaturated/α-hetero) is 1. The highest BCUT2D eigenvalue weighted by atomic mass is 79.9. The summed E-state index contributed by atoms with van der Waals surface area (Å²) in [4.78, 5) is 47.4. The van der Waals surface area contributed by atoms with Crippen molar-refractivity contribution in [2.45, 2.75) is 11.4 Å². The maximum Gasteiger partial charge on any atom is 0.352 e. The number of nitrogens with one attached hydrogen (secondary N) is 1. The van der Waals surface area contributed by atoms with Gasteiger partial charge in [0.2, 0.25) is 11.5 Å². The van der Waals surface area contributed by atoms with Gasteiger partial charge in [-0.3, -0.25) is 19.3 Å². The van der Waals surface area contributed by atoms with Crippen molar-refractivity contribution in [3.8, 4) is 0 Å². The Hall–Kier alpha value is -1.88. The maximum atomic E-state index is 12.0. The minimum atomic E-state index is -1.23. The number of fused-ring (bicyclic) bond motifs is 1. The molecule has 2 aliphatic rings. The number of thioether (sulfide) groups is 1. The number of hydrogen-bond donors (Lipinski definition) is 3. The first-order valence-electron chi connectivity index (χ1n) is 5.92. The van der Waals surface area contributed by atoms with Crippen LogP contribution in [0.2, 0.25) is 0 Å². The van der Waals surface area contributed by atoms with Gasteiger partial charge in [0, 0.05) is 5.75 Å². The zero-order chi connectivity index (χ0) is 16.4. The maximum absolute atomic E-state index is 12.0. The lowest BCUT2D eigenvalue weighted by molar-refractivity contribution is -0.150. The van der Waals surface area contributed by atoms with Crippen molar-refractivity contribution in [2.24, 2.45) is 5.16 Å². The van der Waals surface area contributed by atoms with Gasteiger partial charge in [0.15, 0.2) is 0 Å². The van der Waals surface area contributed by atoms with E-state index in [4.69, 9.17) is 10.3 Å². The van der Waals surface area contributed by atoms with Gasteiger partial charge in [0.25, 0.3) is 11.8 Å². The Balaban J connectivity index is 2.09. The highest BCUT2D eigenvalue weighted by molar-refractivity contribution is 9.09. The van der Waals surface area contributed by atoms with Gasteiger partial charge in [-0.2, -0.15) is 0 Å². The minimum absolute atomic E-state index is 0.133. The molecule has 3 N–H and O–H groups in total. The smallest absolute Gasteiger partial charge is 0.352 e. The van der Waals surface area contributed by atoms with Gasteiger partial charge < -0.3 is 15.6 Å². The van der Waals surface area contributed by atoms with Crippen LogP contribution in [0.25, 0.3) is 0 Å². The predicted octanol–water partition coefficient (Wildman–Crippen LogP) is -0.851. The molecule has 2 heterocycles. The Bertz CT molecular complexity index is 619. The number of carboxylic acids is 1. The average Bonchev–Trinajstić information content (AvgIpc) is 2.51. The molecule has 0 aromatic heterocycles. The normalized spacial score (nSPS) is 24.0. The number of alkyl halides is 1. The first-order valence-corrected chi connectivity index (χ1v) is 8.09. The molecule has 118 valence electrons. The van der Waals surface area contributed by atoms with Crippen LogP contribution in [-0.4, -0.2) is 67.0 Å². The number of halogens is 1. The van der Waals surface area contributed by atoms with E-state index in [1.807, 2.05) is 0 Å². The molecule has 11 heteroatoms. The lowest BCUT2D eigenvalue weighted by atomic mass is 10.0. The third-order valence-electron chi connectivity index (χ3n) is 3.05. The number of aliphatic carboxylic acids is 1. The van der Waals surface area contributed by atoms with E-state index in [9.17, 15) is 19.2 Å². The highest BCUT2D eigenvalue weighted by Crippen LogP contribution is 2.37. The third kappa shape index (κ3) is 2.73. The standard InChI is InChI=1S/C11H10BrN3O6S/c12-3-5(16)6(14-21)8(17)13-7-9(18)15-4(11(19)20)1-2-22-10(7)15/h1,7,10,21H,2-3H2,(H,13,17)(H,19,20)/t7?,10-/m0/s1. The van der Waals surface area contributed by atoms with Crippen LogP contribution in [0.3, 0.4) is 0 Å². The molecule has 2 atom stereocenters. The number of hydrogen-bond acceptors (Lipinski definition) is 7. The first-order chi connectivity index (χ1) is 10.4. The van der Waals surface area contributed by atoms with Crippen LogP contribution >= 0.6 is 27.7 Å². The first kappa shape index (κ1) is 16.5. The lowest BCUT2D eigenvalue weighted by Gasteiger charge is -2.48. The zero-order valence-electron chi connectivity index (χ0n) is 10.9. The summed E-state index contributed by atoms with van der Waals surface area (Å²) >= 11 is 4.11. The molecule has 9 nitrogen and oxygen atoms in total. The van der Waals surface area contributed by atoms with Crippen molar-refractivity contribution in [1.82, 2.24) is 10.2 Å². The van der Waals surface area contributed by atoms with E-state index in [2.05, 4.69) is 26.4 Å². The quantitative estimate of drug-likeness (QED) is 0.138. The second kappa shape index (κ2) is 6.48. The summed E-state index contributed by atoms with van der Waals surface area (Å²) in [5, 5.41) is 21.9. The third-order valence-corrected chi connectivity index (χ3v) is 4.75. The molecule has 1 saturated heterocycles. The molecule has 0 aromatic rings. The van der Waals surface area contributed by atoms with Gasteiger partial charge in [-0.1, -0.05) is 21.1 Å². The monoisotopic (exact) mass is 391 g/mol. The number of nitrogens with zero attached hydrogens (tertiary/aromatic N) is 2. The van der Waals surface area contributed by atoms with Crippen molar-refractivity contribution in [2.75, 3.05) is 11.1 Å². The summed E-state index contributed by atoms with van der Waals surface area (Å²) in [5.41, 5.74) is -0.857. The van der Waals surface area contributed by atoms with Crippen LogP contribution in [0.4, 0.5) is 0 Å². The van der Waals surface area contributed by atoms with E-state index >= 15 is 0 Å². The number of rotatable bonds is 5. The van der Waals surface area contributed by atoms with Crippen molar-refractivity contribution in [3.05, 3.63) is 11.8 Å². The number of β-lactam (4-membered cyclic amide) rings is 1. The van der Waals surface area contributed by atoms with E-state index in [0.29, 0.717) is 5.75 Å². The molecule has 0 bridgehead atoms. The number of oxime groups is 1. The van der Waals surface area contributed by atoms with E-state index in [-0.39, 0.29) is 11.0 Å². The Morgan fingerprint density at radius 3 is 2.73 bits per heavy atom. The van der Waals surface area contributed by atoms with Gasteiger partial charge in [0.05, 0.1) is 5.33 Å². The fourth-order valence-electron chi connectivity index (χ4n) is 2.04. The van der Waals surface area contributed by atoms with E-state index in [1.54, 1.807) is 0 Å². The van der Waals surface area contributed by atoms with E-state index in [0.717, 1.165) is 4.90 Å². The number of amides is 2. The van der Waals surface area contributed by atoms with E-state index in [1.165, 1.54) is 17.8 Å². The molecular formula is C11H10BrN3O6S. The lowest BCUT2D eigenvalue weighted by Crippen LogP contribution is -2.70. The van der Waals surface area contributed by atoms with Crippen LogP contribution in [0.1, 0.15) is 0 Å². The molecule has 2 aliphatic heterocycles. The van der Waals surface area contributed by atoms with Crippen LogP contribution in [0, 0.1) is 0 Å². The van der Waals surface area contributed by atoms with Crippen molar-refractivity contribution in [3.63, 3.8) is 0 Å². The zero-order valence-corrected chi connectivity index (χ0v) is 13.3. The van der Waals surface area contributed by atoms with Gasteiger partial charge in [-0.05, 0) is 6.08 Å². The fourth-order valence-corrected chi connectivity index (χ4v) is 3.50. The summed E-state index contributed by atoms with van der Waals surface area (Å²) in [5.74, 6) is -3.18. The second-order valence-corrected chi connectivity index (χ2v) is 5.99. The molecule has 0 aliphatic carbocycles. The Morgan fingerprint density at radius 2 is 2.18 bits per heavy atom. The van der Waals surface area contributed by atoms with Crippen molar-refractivity contribution in [1.29, 1.82) is 0 Å².